The summed E-state index contributed by atoms with van der Waals surface area (Å²) in [7, 11) is 0. The number of carboxylic acid groups (broad SMARTS) is 2. The summed E-state index contributed by atoms with van der Waals surface area (Å²) in [6.45, 7) is 2.55. The zero-order chi connectivity index (χ0) is 25.0. The maximum Gasteiger partial charge on any atom is 0.326 e. The molecule has 0 bridgehead atoms. The number of carbonyl (C=O) groups is 6. The lowest BCUT2D eigenvalue weighted by molar-refractivity contribution is -0.144. The predicted molar refractivity (Wildman–Crippen MR) is 109 cm³/mol. The number of aliphatic hydroxyl groups excluding tert-OH is 1. The van der Waals surface area contributed by atoms with E-state index in [1.807, 2.05) is 0 Å². The van der Waals surface area contributed by atoms with E-state index in [2.05, 4.69) is 16.0 Å². The van der Waals surface area contributed by atoms with Crippen molar-refractivity contribution in [3.8, 4) is 0 Å². The third kappa shape index (κ3) is 11.2. The molecule has 0 spiro atoms. The number of carboxylic acids is 2. The van der Waals surface area contributed by atoms with Gasteiger partial charge in [0.1, 0.15) is 18.1 Å². The van der Waals surface area contributed by atoms with Gasteiger partial charge in [0, 0.05) is 6.42 Å². The Balaban J connectivity index is 5.24. The van der Waals surface area contributed by atoms with Crippen LogP contribution in [0.4, 0.5) is 0 Å². The second-order valence-corrected chi connectivity index (χ2v) is 7.54. The van der Waals surface area contributed by atoms with Crippen LogP contribution in [0, 0.1) is 5.92 Å². The lowest BCUT2D eigenvalue weighted by Crippen LogP contribution is -2.58. The molecule has 0 rings (SSSR count). The lowest BCUT2D eigenvalue weighted by Gasteiger charge is -2.24. The number of carbonyl (C=O) groups excluding carboxylic acids is 4. The number of primary amides is 1. The van der Waals surface area contributed by atoms with Crippen molar-refractivity contribution in [1.82, 2.24) is 16.0 Å². The number of hydrogen-bond donors (Lipinski definition) is 8. The van der Waals surface area contributed by atoms with Crippen LogP contribution in [0.3, 0.4) is 0 Å². The van der Waals surface area contributed by atoms with Crippen molar-refractivity contribution in [2.45, 2.75) is 63.7 Å². The summed E-state index contributed by atoms with van der Waals surface area (Å²) >= 11 is 0. The first-order chi connectivity index (χ1) is 14.8. The Bertz CT molecular complexity index is 713. The zero-order valence-electron chi connectivity index (χ0n) is 17.9. The van der Waals surface area contributed by atoms with Crippen molar-refractivity contribution in [3.63, 3.8) is 0 Å². The van der Waals surface area contributed by atoms with Crippen molar-refractivity contribution in [3.05, 3.63) is 0 Å². The van der Waals surface area contributed by atoms with Crippen LogP contribution in [0.2, 0.25) is 0 Å². The molecular weight excluding hydrogens is 430 g/mol. The van der Waals surface area contributed by atoms with Crippen molar-refractivity contribution in [2.24, 2.45) is 17.4 Å². The number of nitrogens with two attached hydrogens (primary N) is 2. The molecule has 4 unspecified atom stereocenters. The molecule has 0 aliphatic carbocycles. The van der Waals surface area contributed by atoms with Crippen LogP contribution < -0.4 is 27.4 Å². The molecule has 0 fully saturated rings. The highest BCUT2D eigenvalue weighted by Gasteiger charge is 2.31. The highest BCUT2D eigenvalue weighted by molar-refractivity contribution is 5.95. The third-order valence-electron chi connectivity index (χ3n) is 4.19. The molecule has 0 aromatic rings. The van der Waals surface area contributed by atoms with Crippen molar-refractivity contribution < 1.29 is 44.1 Å². The van der Waals surface area contributed by atoms with Gasteiger partial charge < -0.3 is 42.7 Å². The topological polar surface area (TPSA) is 251 Å². The van der Waals surface area contributed by atoms with E-state index in [0.29, 0.717) is 0 Å². The fourth-order valence-electron chi connectivity index (χ4n) is 2.52. The van der Waals surface area contributed by atoms with Gasteiger partial charge in [0.15, 0.2) is 0 Å². The molecule has 0 aliphatic heterocycles. The summed E-state index contributed by atoms with van der Waals surface area (Å²) in [4.78, 5) is 70.0. The fourth-order valence-corrected chi connectivity index (χ4v) is 2.52. The van der Waals surface area contributed by atoms with E-state index in [1.165, 1.54) is 0 Å². The SMILES string of the molecule is CC(C)CC(NC(=O)C(CO)NC(=O)C(CC(=O)O)NC(=O)C(N)CCC(N)=O)C(=O)O. The summed E-state index contributed by atoms with van der Waals surface area (Å²) in [6, 6.07) is -5.79. The Kier molecular flexibility index (Phi) is 12.5. The van der Waals surface area contributed by atoms with E-state index in [9.17, 15) is 39.0 Å². The van der Waals surface area contributed by atoms with Crippen molar-refractivity contribution >= 4 is 35.6 Å². The zero-order valence-corrected chi connectivity index (χ0v) is 17.9. The summed E-state index contributed by atoms with van der Waals surface area (Å²) in [5, 5.41) is 34.0. The number of aliphatic hydroxyl groups is 1. The molecule has 0 aliphatic rings. The Morgan fingerprint density at radius 2 is 1.34 bits per heavy atom. The molecule has 14 heteroatoms. The molecule has 4 atom stereocenters. The van der Waals surface area contributed by atoms with E-state index < -0.39 is 72.8 Å². The monoisotopic (exact) mass is 461 g/mol. The third-order valence-corrected chi connectivity index (χ3v) is 4.19. The van der Waals surface area contributed by atoms with Crippen LogP contribution in [-0.4, -0.2) is 81.7 Å². The first kappa shape index (κ1) is 28.7. The number of amides is 4. The van der Waals surface area contributed by atoms with Gasteiger partial charge in [0.2, 0.25) is 23.6 Å². The van der Waals surface area contributed by atoms with E-state index in [-0.39, 0.29) is 25.2 Å². The lowest BCUT2D eigenvalue weighted by atomic mass is 10.0. The summed E-state index contributed by atoms with van der Waals surface area (Å²) in [5.41, 5.74) is 10.6. The molecule has 182 valence electrons. The number of aliphatic carboxylic acids is 2. The van der Waals surface area contributed by atoms with Crippen LogP contribution in [-0.2, 0) is 28.8 Å². The van der Waals surface area contributed by atoms with Crippen LogP contribution in [0.25, 0.3) is 0 Å². The minimum atomic E-state index is -1.66. The maximum absolute atomic E-state index is 12.5. The van der Waals surface area contributed by atoms with E-state index >= 15 is 0 Å². The van der Waals surface area contributed by atoms with Gasteiger partial charge in [-0.15, -0.1) is 0 Å². The quantitative estimate of drug-likeness (QED) is 0.120. The Labute approximate surface area is 184 Å². The van der Waals surface area contributed by atoms with Gasteiger partial charge in [0.25, 0.3) is 0 Å². The molecule has 32 heavy (non-hydrogen) atoms. The molecule has 4 amide bonds. The molecule has 0 saturated carbocycles. The van der Waals surface area contributed by atoms with Gasteiger partial charge in [-0.25, -0.2) is 4.79 Å². The molecule has 0 heterocycles. The van der Waals surface area contributed by atoms with Crippen LogP contribution in [0.15, 0.2) is 0 Å². The normalized spacial score (nSPS) is 14.5. The molecule has 0 saturated heterocycles. The van der Waals surface area contributed by atoms with Gasteiger partial charge in [-0.3, -0.25) is 24.0 Å². The Morgan fingerprint density at radius 3 is 1.78 bits per heavy atom. The van der Waals surface area contributed by atoms with Gasteiger partial charge in [0.05, 0.1) is 19.1 Å². The van der Waals surface area contributed by atoms with Crippen molar-refractivity contribution in [1.29, 1.82) is 0 Å². The van der Waals surface area contributed by atoms with Crippen LogP contribution in [0.5, 0.6) is 0 Å². The molecule has 0 radical (unpaired) electrons. The second kappa shape index (κ2) is 13.9. The highest BCUT2D eigenvalue weighted by atomic mass is 16.4. The molecular formula is C18H31N5O9. The van der Waals surface area contributed by atoms with Gasteiger partial charge >= 0.3 is 11.9 Å². The molecule has 0 aromatic carbocycles. The average molecular weight is 461 g/mol. The summed E-state index contributed by atoms with van der Waals surface area (Å²) in [5.74, 6) is -6.60. The fraction of sp³-hybridized carbons (Fsp3) is 0.667. The summed E-state index contributed by atoms with van der Waals surface area (Å²) in [6.07, 6.45) is -1.13. The Morgan fingerprint density at radius 1 is 0.844 bits per heavy atom. The Hall–Kier alpha value is -3.26. The molecule has 0 aromatic heterocycles. The minimum absolute atomic E-state index is 0.0764. The molecule has 10 N–H and O–H groups in total. The van der Waals surface area contributed by atoms with Gasteiger partial charge in [-0.2, -0.15) is 0 Å². The second-order valence-electron chi connectivity index (χ2n) is 7.54. The maximum atomic E-state index is 12.5. The van der Waals surface area contributed by atoms with Gasteiger partial charge in [-0.05, 0) is 18.8 Å². The standard InChI is InChI=1S/C18H31N5O9/c1-8(2)5-11(18(31)32)22-17(30)12(7-24)23-16(29)10(6-14(26)27)21-15(28)9(19)3-4-13(20)25/h8-12,24H,3-7,19H2,1-2H3,(H2,20,25)(H,21,28)(H,22,30)(H,23,29)(H,26,27)(H,31,32). The first-order valence-corrected chi connectivity index (χ1v) is 9.78. The van der Waals surface area contributed by atoms with Crippen LogP contribution >= 0.6 is 0 Å². The summed E-state index contributed by atoms with van der Waals surface area (Å²) < 4.78 is 0. The van der Waals surface area contributed by atoms with E-state index in [0.717, 1.165) is 0 Å². The number of rotatable bonds is 15. The van der Waals surface area contributed by atoms with Crippen molar-refractivity contribution in [2.75, 3.05) is 6.61 Å². The smallest absolute Gasteiger partial charge is 0.326 e. The number of nitrogens with one attached hydrogen (secondary N) is 3. The predicted octanol–water partition coefficient (Wildman–Crippen LogP) is -3.37. The van der Waals surface area contributed by atoms with E-state index in [1.54, 1.807) is 13.8 Å². The van der Waals surface area contributed by atoms with Crippen LogP contribution in [0.1, 0.15) is 39.5 Å². The van der Waals surface area contributed by atoms with Gasteiger partial charge in [-0.1, -0.05) is 13.8 Å². The first-order valence-electron chi connectivity index (χ1n) is 9.78. The van der Waals surface area contributed by atoms with E-state index in [4.69, 9.17) is 16.6 Å². The number of hydrogen-bond acceptors (Lipinski definition) is 8. The average Bonchev–Trinajstić information content (AvgIpc) is 2.67. The molecule has 14 nitrogen and oxygen atoms in total. The largest absolute Gasteiger partial charge is 0.481 e. The minimum Gasteiger partial charge on any atom is -0.481 e. The highest BCUT2D eigenvalue weighted by Crippen LogP contribution is 2.06.